The standard InChI is InChI=1S/C10H14ClNO2.C6H5Cl/c11-9-3-1-8(2-4-9)10(7-14)12-5-6-13;7-6-4-2-1-3-5-6/h1-4,10,12-14H,5-7H2;1-5H. The summed E-state index contributed by atoms with van der Waals surface area (Å²) in [6.45, 7) is 0.527. The van der Waals surface area contributed by atoms with Gasteiger partial charge in [-0.05, 0) is 29.8 Å². The summed E-state index contributed by atoms with van der Waals surface area (Å²) in [6.07, 6.45) is 0. The second-order valence-electron chi connectivity index (χ2n) is 4.26. The zero-order valence-corrected chi connectivity index (χ0v) is 13.1. The molecule has 21 heavy (non-hydrogen) atoms. The summed E-state index contributed by atoms with van der Waals surface area (Å²) in [5.41, 5.74) is 0.963. The smallest absolute Gasteiger partial charge is 0.0626 e. The van der Waals surface area contributed by atoms with Crippen LogP contribution in [-0.4, -0.2) is 30.0 Å². The number of halogens is 2. The Labute approximate surface area is 135 Å². The Hall–Kier alpha value is -1.10. The Bertz CT molecular complexity index is 491. The lowest BCUT2D eigenvalue weighted by atomic mass is 10.1. The van der Waals surface area contributed by atoms with Gasteiger partial charge in [-0.2, -0.15) is 0 Å². The molecule has 1 atom stereocenters. The maximum atomic E-state index is 9.10. The second kappa shape index (κ2) is 10.6. The van der Waals surface area contributed by atoms with Crippen molar-refractivity contribution in [1.82, 2.24) is 5.32 Å². The quantitative estimate of drug-likeness (QED) is 0.789. The van der Waals surface area contributed by atoms with Crippen LogP contribution in [-0.2, 0) is 0 Å². The lowest BCUT2D eigenvalue weighted by Crippen LogP contribution is -2.27. The van der Waals surface area contributed by atoms with E-state index in [1.54, 1.807) is 12.1 Å². The number of benzene rings is 2. The van der Waals surface area contributed by atoms with E-state index in [4.69, 9.17) is 33.4 Å². The molecule has 0 aliphatic carbocycles. The van der Waals surface area contributed by atoms with Crippen LogP contribution in [0.25, 0.3) is 0 Å². The Balaban J connectivity index is 0.000000262. The normalized spacial score (nSPS) is 11.4. The Morgan fingerprint density at radius 2 is 1.43 bits per heavy atom. The monoisotopic (exact) mass is 327 g/mol. The van der Waals surface area contributed by atoms with E-state index in [2.05, 4.69) is 5.32 Å². The zero-order valence-electron chi connectivity index (χ0n) is 11.5. The molecule has 114 valence electrons. The van der Waals surface area contributed by atoms with Gasteiger partial charge in [0.05, 0.1) is 19.3 Å². The molecule has 0 fully saturated rings. The van der Waals surface area contributed by atoms with E-state index in [0.717, 1.165) is 10.6 Å². The molecule has 2 aromatic rings. The molecule has 0 spiro atoms. The third kappa shape index (κ3) is 7.46. The summed E-state index contributed by atoms with van der Waals surface area (Å²) in [5.74, 6) is 0. The lowest BCUT2D eigenvalue weighted by Gasteiger charge is -2.15. The van der Waals surface area contributed by atoms with Crippen molar-refractivity contribution in [3.8, 4) is 0 Å². The van der Waals surface area contributed by atoms with Crippen LogP contribution in [0, 0.1) is 0 Å². The van der Waals surface area contributed by atoms with Crippen molar-refractivity contribution in [2.75, 3.05) is 19.8 Å². The molecule has 0 saturated carbocycles. The molecular weight excluding hydrogens is 309 g/mol. The van der Waals surface area contributed by atoms with Gasteiger partial charge in [0.2, 0.25) is 0 Å². The molecule has 2 rings (SSSR count). The van der Waals surface area contributed by atoms with Crippen molar-refractivity contribution >= 4 is 23.2 Å². The molecular formula is C16H19Cl2NO2. The van der Waals surface area contributed by atoms with Crippen LogP contribution in [0.5, 0.6) is 0 Å². The van der Waals surface area contributed by atoms with E-state index in [0.29, 0.717) is 11.6 Å². The summed E-state index contributed by atoms with van der Waals surface area (Å²) in [7, 11) is 0. The summed E-state index contributed by atoms with van der Waals surface area (Å²) >= 11 is 11.3. The van der Waals surface area contributed by atoms with Gasteiger partial charge in [-0.1, -0.05) is 53.5 Å². The highest BCUT2D eigenvalue weighted by Crippen LogP contribution is 2.15. The first-order chi connectivity index (χ1) is 10.2. The van der Waals surface area contributed by atoms with E-state index >= 15 is 0 Å². The Morgan fingerprint density at radius 1 is 0.857 bits per heavy atom. The van der Waals surface area contributed by atoms with Gasteiger partial charge in [-0.3, -0.25) is 0 Å². The van der Waals surface area contributed by atoms with E-state index in [-0.39, 0.29) is 19.3 Å². The van der Waals surface area contributed by atoms with E-state index in [1.807, 2.05) is 42.5 Å². The fraction of sp³-hybridized carbons (Fsp3) is 0.250. The predicted molar refractivity (Wildman–Crippen MR) is 87.8 cm³/mol. The van der Waals surface area contributed by atoms with Crippen molar-refractivity contribution in [3.05, 3.63) is 70.2 Å². The van der Waals surface area contributed by atoms with Crippen molar-refractivity contribution in [2.45, 2.75) is 6.04 Å². The largest absolute Gasteiger partial charge is 0.395 e. The number of aliphatic hydroxyl groups excluding tert-OH is 2. The number of rotatable bonds is 5. The summed E-state index contributed by atoms with van der Waals surface area (Å²) < 4.78 is 0. The van der Waals surface area contributed by atoms with Crippen LogP contribution in [0.1, 0.15) is 11.6 Å². The average Bonchev–Trinajstić information content (AvgIpc) is 2.51. The molecule has 1 unspecified atom stereocenters. The SMILES string of the molecule is Clc1ccccc1.OCCNC(CO)c1ccc(Cl)cc1. The molecule has 0 radical (unpaired) electrons. The maximum absolute atomic E-state index is 9.10. The highest BCUT2D eigenvalue weighted by atomic mass is 35.5. The van der Waals surface area contributed by atoms with Crippen molar-refractivity contribution in [1.29, 1.82) is 0 Å². The highest BCUT2D eigenvalue weighted by Gasteiger charge is 2.08. The van der Waals surface area contributed by atoms with Gasteiger partial charge in [0.25, 0.3) is 0 Å². The minimum Gasteiger partial charge on any atom is -0.395 e. The molecule has 2 aromatic carbocycles. The maximum Gasteiger partial charge on any atom is 0.0626 e. The number of aliphatic hydroxyl groups is 2. The van der Waals surface area contributed by atoms with Crippen molar-refractivity contribution in [3.63, 3.8) is 0 Å². The van der Waals surface area contributed by atoms with E-state index in [1.165, 1.54) is 0 Å². The van der Waals surface area contributed by atoms with Gasteiger partial charge >= 0.3 is 0 Å². The third-order valence-corrected chi connectivity index (χ3v) is 3.19. The van der Waals surface area contributed by atoms with Gasteiger partial charge in [0.15, 0.2) is 0 Å². The zero-order chi connectivity index (χ0) is 15.5. The molecule has 0 aliphatic rings. The van der Waals surface area contributed by atoms with E-state index < -0.39 is 0 Å². The Morgan fingerprint density at radius 3 is 1.86 bits per heavy atom. The van der Waals surface area contributed by atoms with Crippen LogP contribution < -0.4 is 5.32 Å². The molecule has 0 aliphatic heterocycles. The van der Waals surface area contributed by atoms with Crippen LogP contribution in [0.2, 0.25) is 10.0 Å². The van der Waals surface area contributed by atoms with Crippen LogP contribution in [0.3, 0.4) is 0 Å². The summed E-state index contributed by atoms with van der Waals surface area (Å²) in [5, 5.41) is 22.2. The fourth-order valence-corrected chi connectivity index (χ4v) is 1.91. The van der Waals surface area contributed by atoms with Crippen LogP contribution >= 0.6 is 23.2 Å². The van der Waals surface area contributed by atoms with Crippen molar-refractivity contribution < 1.29 is 10.2 Å². The molecule has 0 amide bonds. The first kappa shape index (κ1) is 18.0. The molecule has 5 heteroatoms. The molecule has 3 nitrogen and oxygen atoms in total. The topological polar surface area (TPSA) is 52.5 Å². The molecule has 0 aromatic heterocycles. The first-order valence-corrected chi connectivity index (χ1v) is 7.34. The van der Waals surface area contributed by atoms with Gasteiger partial charge in [-0.15, -0.1) is 0 Å². The van der Waals surface area contributed by atoms with Crippen LogP contribution in [0.4, 0.5) is 0 Å². The van der Waals surface area contributed by atoms with Crippen LogP contribution in [0.15, 0.2) is 54.6 Å². The minimum absolute atomic E-state index is 0.00162. The molecule has 3 N–H and O–H groups in total. The van der Waals surface area contributed by atoms with Crippen molar-refractivity contribution in [2.24, 2.45) is 0 Å². The summed E-state index contributed by atoms with van der Waals surface area (Å²) in [4.78, 5) is 0. The number of hydrogen-bond acceptors (Lipinski definition) is 3. The number of hydrogen-bond donors (Lipinski definition) is 3. The third-order valence-electron chi connectivity index (χ3n) is 2.69. The summed E-state index contributed by atoms with van der Waals surface area (Å²) in [6, 6.07) is 16.6. The predicted octanol–water partition coefficient (Wildman–Crippen LogP) is 3.30. The molecule has 0 saturated heterocycles. The first-order valence-electron chi connectivity index (χ1n) is 6.58. The van der Waals surface area contributed by atoms with E-state index in [9.17, 15) is 0 Å². The number of nitrogens with one attached hydrogen (secondary N) is 1. The molecule has 0 heterocycles. The van der Waals surface area contributed by atoms with Gasteiger partial charge in [-0.25, -0.2) is 0 Å². The van der Waals surface area contributed by atoms with Gasteiger partial charge in [0.1, 0.15) is 0 Å². The lowest BCUT2D eigenvalue weighted by molar-refractivity contribution is 0.227. The Kier molecular flexibility index (Phi) is 9.06. The second-order valence-corrected chi connectivity index (χ2v) is 5.13. The fourth-order valence-electron chi connectivity index (χ4n) is 1.64. The minimum atomic E-state index is -0.139. The van der Waals surface area contributed by atoms with Gasteiger partial charge < -0.3 is 15.5 Å². The highest BCUT2D eigenvalue weighted by molar-refractivity contribution is 6.30. The van der Waals surface area contributed by atoms with Gasteiger partial charge in [0, 0.05) is 16.6 Å². The average molecular weight is 328 g/mol. The molecule has 0 bridgehead atoms.